The van der Waals surface area contributed by atoms with Gasteiger partial charge in [-0.15, -0.1) is 0 Å². The molecule has 0 saturated heterocycles. The maximum absolute atomic E-state index is 12.1. The molecule has 0 aliphatic carbocycles. The summed E-state index contributed by atoms with van der Waals surface area (Å²) in [5.74, 6) is -0.714. The smallest absolute Gasteiger partial charge is 0.362 e. The van der Waals surface area contributed by atoms with Crippen molar-refractivity contribution in [3.05, 3.63) is 57.5 Å². The van der Waals surface area contributed by atoms with E-state index >= 15 is 0 Å². The van der Waals surface area contributed by atoms with Gasteiger partial charge in [0, 0.05) is 11.8 Å². The number of esters is 1. The molecule has 0 fully saturated rings. The number of rotatable bonds is 4. The Hall–Kier alpha value is -2.43. The highest BCUT2D eigenvalue weighted by atomic mass is 16.5. The molecule has 0 atom stereocenters. The molecular formula is C16H18N2O3. The van der Waals surface area contributed by atoms with Gasteiger partial charge in [0.1, 0.15) is 0 Å². The number of carbonyl (C=O) groups is 1. The van der Waals surface area contributed by atoms with Gasteiger partial charge in [-0.2, -0.15) is 5.10 Å². The maximum Gasteiger partial charge on any atom is 0.362 e. The molecule has 21 heavy (non-hydrogen) atoms. The standard InChI is InChI=1S/C16H18N2O3/c1-4-11-6-8-13(9-7-11)18-10-12(5-2)15(19)14(17-18)16(20)21-3/h6-10H,4-5H2,1-3H3. The number of benzene rings is 1. The molecule has 2 aromatic rings. The fourth-order valence-corrected chi connectivity index (χ4v) is 2.04. The summed E-state index contributed by atoms with van der Waals surface area (Å²) in [6, 6.07) is 7.82. The average molecular weight is 286 g/mol. The first-order valence-electron chi connectivity index (χ1n) is 6.91. The lowest BCUT2D eigenvalue weighted by Crippen LogP contribution is -2.25. The van der Waals surface area contributed by atoms with E-state index in [-0.39, 0.29) is 11.1 Å². The van der Waals surface area contributed by atoms with E-state index in [1.54, 1.807) is 10.9 Å². The van der Waals surface area contributed by atoms with Crippen LogP contribution >= 0.6 is 0 Å². The fourth-order valence-electron chi connectivity index (χ4n) is 2.04. The zero-order valence-electron chi connectivity index (χ0n) is 12.4. The number of ether oxygens (including phenoxy) is 1. The number of methoxy groups -OCH3 is 1. The number of aromatic nitrogens is 2. The summed E-state index contributed by atoms with van der Waals surface area (Å²) in [5.41, 5.74) is 1.99. The van der Waals surface area contributed by atoms with E-state index in [9.17, 15) is 9.59 Å². The number of carbonyl (C=O) groups excluding carboxylic acids is 1. The molecule has 0 spiro atoms. The third-order valence-electron chi connectivity index (χ3n) is 3.36. The van der Waals surface area contributed by atoms with E-state index in [1.165, 1.54) is 12.7 Å². The molecule has 0 amide bonds. The van der Waals surface area contributed by atoms with Crippen LogP contribution in [0.5, 0.6) is 0 Å². The number of hydrogen-bond acceptors (Lipinski definition) is 4. The van der Waals surface area contributed by atoms with Crippen LogP contribution in [0.4, 0.5) is 0 Å². The van der Waals surface area contributed by atoms with Gasteiger partial charge in [0.2, 0.25) is 11.1 Å². The Morgan fingerprint density at radius 2 is 1.86 bits per heavy atom. The molecule has 2 rings (SSSR count). The Balaban J connectivity index is 2.57. The van der Waals surface area contributed by atoms with Crippen molar-refractivity contribution in [2.45, 2.75) is 26.7 Å². The third kappa shape index (κ3) is 3.02. The van der Waals surface area contributed by atoms with Crippen molar-refractivity contribution in [2.24, 2.45) is 0 Å². The first-order chi connectivity index (χ1) is 10.1. The van der Waals surface area contributed by atoms with Gasteiger partial charge in [0.05, 0.1) is 12.8 Å². The third-order valence-corrected chi connectivity index (χ3v) is 3.36. The fraction of sp³-hybridized carbons (Fsp3) is 0.312. The highest BCUT2D eigenvalue weighted by Crippen LogP contribution is 2.10. The maximum atomic E-state index is 12.1. The van der Waals surface area contributed by atoms with Crippen LogP contribution in [0, 0.1) is 0 Å². The van der Waals surface area contributed by atoms with Crippen LogP contribution in [0.3, 0.4) is 0 Å². The summed E-state index contributed by atoms with van der Waals surface area (Å²) < 4.78 is 6.18. The van der Waals surface area contributed by atoms with Crippen molar-refractivity contribution < 1.29 is 9.53 Å². The largest absolute Gasteiger partial charge is 0.464 e. The van der Waals surface area contributed by atoms with E-state index < -0.39 is 5.97 Å². The van der Waals surface area contributed by atoms with Gasteiger partial charge < -0.3 is 4.74 Å². The van der Waals surface area contributed by atoms with Crippen LogP contribution in [0.25, 0.3) is 5.69 Å². The molecule has 5 nitrogen and oxygen atoms in total. The minimum Gasteiger partial charge on any atom is -0.464 e. The Bertz CT molecular complexity index is 702. The summed E-state index contributed by atoms with van der Waals surface area (Å²) in [7, 11) is 1.24. The predicted molar refractivity (Wildman–Crippen MR) is 79.9 cm³/mol. The second-order valence-electron chi connectivity index (χ2n) is 4.64. The van der Waals surface area contributed by atoms with Gasteiger partial charge in [-0.3, -0.25) is 4.79 Å². The summed E-state index contributed by atoms with van der Waals surface area (Å²) in [4.78, 5) is 23.8. The molecule has 110 valence electrons. The van der Waals surface area contributed by atoms with Crippen LogP contribution < -0.4 is 5.43 Å². The summed E-state index contributed by atoms with van der Waals surface area (Å²) in [6.45, 7) is 3.94. The van der Waals surface area contributed by atoms with Crippen LogP contribution in [-0.2, 0) is 17.6 Å². The first kappa shape index (κ1) is 15.0. The molecule has 0 radical (unpaired) electrons. The molecule has 0 unspecified atom stereocenters. The van der Waals surface area contributed by atoms with Crippen LogP contribution in [0.1, 0.15) is 35.5 Å². The number of aryl methyl sites for hydroxylation is 2. The molecule has 0 aliphatic rings. The predicted octanol–water partition coefficient (Wildman–Crippen LogP) is 2.14. The van der Waals surface area contributed by atoms with E-state index in [2.05, 4.69) is 16.8 Å². The molecule has 0 bridgehead atoms. The molecule has 0 aliphatic heterocycles. The molecule has 5 heteroatoms. The second kappa shape index (κ2) is 6.35. The van der Waals surface area contributed by atoms with Crippen LogP contribution in [-0.4, -0.2) is 22.9 Å². The average Bonchev–Trinajstić information content (AvgIpc) is 2.54. The zero-order chi connectivity index (χ0) is 15.4. The minimum absolute atomic E-state index is 0.184. The summed E-state index contributed by atoms with van der Waals surface area (Å²) >= 11 is 0. The van der Waals surface area contributed by atoms with Crippen LogP contribution in [0.15, 0.2) is 35.3 Å². The SMILES string of the molecule is CCc1ccc(-n2cc(CC)c(=O)c(C(=O)OC)n2)cc1. The van der Waals surface area contributed by atoms with Crippen molar-refractivity contribution in [1.82, 2.24) is 9.78 Å². The van der Waals surface area contributed by atoms with E-state index in [0.717, 1.165) is 12.1 Å². The summed E-state index contributed by atoms with van der Waals surface area (Å²) in [6.07, 6.45) is 3.14. The van der Waals surface area contributed by atoms with Gasteiger partial charge in [-0.05, 0) is 30.5 Å². The van der Waals surface area contributed by atoms with Crippen molar-refractivity contribution in [1.29, 1.82) is 0 Å². The van der Waals surface area contributed by atoms with E-state index in [4.69, 9.17) is 0 Å². The molecule has 1 heterocycles. The first-order valence-corrected chi connectivity index (χ1v) is 6.91. The van der Waals surface area contributed by atoms with E-state index in [0.29, 0.717) is 12.0 Å². The topological polar surface area (TPSA) is 61.2 Å². The normalized spacial score (nSPS) is 10.4. The lowest BCUT2D eigenvalue weighted by molar-refractivity contribution is 0.0590. The second-order valence-corrected chi connectivity index (χ2v) is 4.64. The molecule has 0 N–H and O–H groups in total. The van der Waals surface area contributed by atoms with Crippen LogP contribution in [0.2, 0.25) is 0 Å². The number of nitrogens with zero attached hydrogens (tertiary/aromatic N) is 2. The van der Waals surface area contributed by atoms with Gasteiger partial charge in [-0.25, -0.2) is 9.48 Å². The van der Waals surface area contributed by atoms with Crippen molar-refractivity contribution >= 4 is 5.97 Å². The lowest BCUT2D eigenvalue weighted by Gasteiger charge is -2.10. The quantitative estimate of drug-likeness (QED) is 0.808. The lowest BCUT2D eigenvalue weighted by atomic mass is 10.1. The molecule has 1 aromatic carbocycles. The zero-order valence-corrected chi connectivity index (χ0v) is 12.4. The van der Waals surface area contributed by atoms with Gasteiger partial charge in [0.25, 0.3) is 0 Å². The number of hydrogen-bond donors (Lipinski definition) is 0. The Kier molecular flexibility index (Phi) is 4.52. The Morgan fingerprint density at radius 1 is 1.19 bits per heavy atom. The summed E-state index contributed by atoms with van der Waals surface area (Å²) in [5, 5.41) is 4.11. The van der Waals surface area contributed by atoms with Gasteiger partial charge in [0.15, 0.2) is 0 Å². The van der Waals surface area contributed by atoms with Crippen molar-refractivity contribution in [2.75, 3.05) is 7.11 Å². The highest BCUT2D eigenvalue weighted by molar-refractivity contribution is 5.87. The Morgan fingerprint density at radius 3 is 2.38 bits per heavy atom. The van der Waals surface area contributed by atoms with E-state index in [1.807, 2.05) is 31.2 Å². The van der Waals surface area contributed by atoms with Crippen molar-refractivity contribution in [3.8, 4) is 5.69 Å². The Labute approximate surface area is 123 Å². The molecular weight excluding hydrogens is 268 g/mol. The highest BCUT2D eigenvalue weighted by Gasteiger charge is 2.17. The van der Waals surface area contributed by atoms with Gasteiger partial charge in [-0.1, -0.05) is 26.0 Å². The molecule has 1 aromatic heterocycles. The van der Waals surface area contributed by atoms with Gasteiger partial charge >= 0.3 is 5.97 Å². The minimum atomic E-state index is -0.714. The van der Waals surface area contributed by atoms with Crippen molar-refractivity contribution in [3.63, 3.8) is 0 Å². The molecule has 0 saturated carbocycles. The monoisotopic (exact) mass is 286 g/mol.